The van der Waals surface area contributed by atoms with E-state index in [1.165, 1.54) is 19.3 Å². The zero-order valence-corrected chi connectivity index (χ0v) is 14.1. The average molecular weight is 323 g/mol. The summed E-state index contributed by atoms with van der Waals surface area (Å²) < 4.78 is 12.2. The van der Waals surface area contributed by atoms with Gasteiger partial charge >= 0.3 is 0 Å². The highest BCUT2D eigenvalue weighted by molar-refractivity contribution is 7.15. The fourth-order valence-corrected chi connectivity index (χ4v) is 4.50. The van der Waals surface area contributed by atoms with Gasteiger partial charge in [-0.3, -0.25) is 0 Å². The van der Waals surface area contributed by atoms with Gasteiger partial charge in [0.25, 0.3) is 0 Å². The van der Waals surface area contributed by atoms with E-state index in [0.717, 1.165) is 61.8 Å². The van der Waals surface area contributed by atoms with Crippen LogP contribution >= 0.6 is 11.3 Å². The first-order valence-electron chi connectivity index (χ1n) is 8.50. The molecule has 1 aromatic rings. The lowest BCUT2D eigenvalue weighted by molar-refractivity contribution is -0.126. The number of hydrogen-bond acceptors (Lipinski definition) is 6. The van der Waals surface area contributed by atoms with E-state index in [2.05, 4.69) is 15.1 Å². The van der Waals surface area contributed by atoms with E-state index < -0.39 is 0 Å². The Morgan fingerprint density at radius 1 is 1.36 bits per heavy atom. The highest BCUT2D eigenvalue weighted by atomic mass is 32.1. The molecule has 22 heavy (non-hydrogen) atoms. The molecule has 0 unspecified atom stereocenters. The molecule has 1 aromatic heterocycles. The summed E-state index contributed by atoms with van der Waals surface area (Å²) in [6.07, 6.45) is 6.48. The monoisotopic (exact) mass is 323 g/mol. The maximum atomic E-state index is 6.11. The number of nitrogens with zero attached hydrogens (tertiary/aromatic N) is 3. The van der Waals surface area contributed by atoms with Crippen LogP contribution in [0.25, 0.3) is 0 Å². The highest BCUT2D eigenvalue weighted by Crippen LogP contribution is 2.42. The Hall–Kier alpha value is -0.720. The van der Waals surface area contributed by atoms with E-state index in [4.69, 9.17) is 9.47 Å². The van der Waals surface area contributed by atoms with Gasteiger partial charge in [-0.05, 0) is 44.9 Å². The van der Waals surface area contributed by atoms with E-state index in [9.17, 15) is 0 Å². The third-order valence-electron chi connectivity index (χ3n) is 5.21. The summed E-state index contributed by atoms with van der Waals surface area (Å²) in [5, 5.41) is 10.6. The molecular formula is C16H25N3O2S. The molecule has 2 atom stereocenters. The van der Waals surface area contributed by atoms with Crippen molar-refractivity contribution in [2.45, 2.75) is 45.1 Å². The van der Waals surface area contributed by atoms with Gasteiger partial charge in [0.05, 0.1) is 12.7 Å². The molecule has 1 aliphatic carbocycles. The third kappa shape index (κ3) is 3.01. The van der Waals surface area contributed by atoms with Gasteiger partial charge in [0, 0.05) is 31.7 Å². The average Bonchev–Trinajstić information content (AvgIpc) is 3.25. The predicted octanol–water partition coefficient (Wildman–Crippen LogP) is 2.65. The van der Waals surface area contributed by atoms with Crippen molar-refractivity contribution in [1.82, 2.24) is 10.2 Å². The van der Waals surface area contributed by atoms with E-state index >= 15 is 0 Å². The zero-order chi connectivity index (χ0) is 15.0. The van der Waals surface area contributed by atoms with Crippen LogP contribution in [0, 0.1) is 18.3 Å². The van der Waals surface area contributed by atoms with Crippen molar-refractivity contribution in [3.05, 3.63) is 5.01 Å². The van der Waals surface area contributed by atoms with E-state index in [0.29, 0.717) is 6.10 Å². The molecule has 5 nitrogen and oxygen atoms in total. The summed E-state index contributed by atoms with van der Waals surface area (Å²) in [6, 6.07) is 0. The Labute approximate surface area is 136 Å². The zero-order valence-electron chi connectivity index (χ0n) is 13.3. The first-order valence-corrected chi connectivity index (χ1v) is 9.31. The van der Waals surface area contributed by atoms with Gasteiger partial charge in [-0.25, -0.2) is 0 Å². The molecule has 4 rings (SSSR count). The molecular weight excluding hydrogens is 298 g/mol. The Morgan fingerprint density at radius 3 is 3.05 bits per heavy atom. The molecule has 1 saturated carbocycles. The Balaban J connectivity index is 1.47. The second-order valence-corrected chi connectivity index (χ2v) is 8.26. The minimum absolute atomic E-state index is 0.144. The van der Waals surface area contributed by atoms with Crippen molar-refractivity contribution in [2.24, 2.45) is 11.3 Å². The largest absolute Gasteiger partial charge is 0.380 e. The van der Waals surface area contributed by atoms with Crippen LogP contribution in [0.2, 0.25) is 0 Å². The molecule has 2 aliphatic heterocycles. The molecule has 0 N–H and O–H groups in total. The van der Waals surface area contributed by atoms with Crippen molar-refractivity contribution in [1.29, 1.82) is 0 Å². The first kappa shape index (κ1) is 14.8. The minimum Gasteiger partial charge on any atom is -0.380 e. The molecule has 2 saturated heterocycles. The van der Waals surface area contributed by atoms with Crippen LogP contribution in [-0.2, 0) is 9.47 Å². The second kappa shape index (κ2) is 6.06. The molecule has 0 aromatic carbocycles. The third-order valence-corrected chi connectivity index (χ3v) is 6.11. The Bertz CT molecular complexity index is 519. The van der Waals surface area contributed by atoms with Gasteiger partial charge in [-0.15, -0.1) is 10.2 Å². The molecule has 0 bridgehead atoms. The molecule has 3 heterocycles. The van der Waals surface area contributed by atoms with E-state index in [1.807, 2.05) is 6.92 Å². The van der Waals surface area contributed by atoms with Crippen molar-refractivity contribution < 1.29 is 9.47 Å². The SMILES string of the molecule is Cc1nnc(N2CC[C@H]3OCCC[C@@]3(COCC3CC3)C2)s1. The smallest absolute Gasteiger partial charge is 0.208 e. The number of fused-ring (bicyclic) bond motifs is 1. The van der Waals surface area contributed by atoms with Gasteiger partial charge < -0.3 is 14.4 Å². The molecule has 3 fully saturated rings. The molecule has 0 amide bonds. The fraction of sp³-hybridized carbons (Fsp3) is 0.875. The second-order valence-electron chi connectivity index (χ2n) is 7.10. The summed E-state index contributed by atoms with van der Waals surface area (Å²) in [4.78, 5) is 2.40. The lowest BCUT2D eigenvalue weighted by Gasteiger charge is -2.50. The molecule has 0 spiro atoms. The Morgan fingerprint density at radius 2 is 2.27 bits per heavy atom. The molecule has 3 aliphatic rings. The van der Waals surface area contributed by atoms with Gasteiger partial charge in [0.1, 0.15) is 5.01 Å². The summed E-state index contributed by atoms with van der Waals surface area (Å²) in [5.74, 6) is 0.824. The quantitative estimate of drug-likeness (QED) is 0.834. The number of aromatic nitrogens is 2. The van der Waals surface area contributed by atoms with Crippen LogP contribution in [0.5, 0.6) is 0 Å². The number of anilines is 1. The maximum Gasteiger partial charge on any atom is 0.208 e. The highest BCUT2D eigenvalue weighted by Gasteiger charge is 2.47. The van der Waals surface area contributed by atoms with E-state index in [1.54, 1.807) is 11.3 Å². The first-order chi connectivity index (χ1) is 10.8. The van der Waals surface area contributed by atoms with Crippen LogP contribution in [0.1, 0.15) is 37.1 Å². The standard InChI is InChI=1S/C16H25N3O2S/c1-12-17-18-15(22-12)19-7-5-14-16(10-19,6-2-8-21-14)11-20-9-13-3-4-13/h13-14H,2-11H2,1H3/t14-,16+/m1/s1. The number of ether oxygens (including phenoxy) is 2. The number of hydrogen-bond donors (Lipinski definition) is 0. The molecule has 122 valence electrons. The summed E-state index contributed by atoms with van der Waals surface area (Å²) in [6.45, 7) is 6.72. The van der Waals surface area contributed by atoms with Crippen molar-refractivity contribution in [2.75, 3.05) is 37.8 Å². The molecule has 6 heteroatoms. The molecule has 0 radical (unpaired) electrons. The van der Waals surface area contributed by atoms with Crippen LogP contribution in [0.4, 0.5) is 5.13 Å². The topological polar surface area (TPSA) is 47.5 Å². The van der Waals surface area contributed by atoms with Crippen LogP contribution in [0.3, 0.4) is 0 Å². The minimum atomic E-state index is 0.144. The van der Waals surface area contributed by atoms with Crippen LogP contribution in [-0.4, -0.2) is 49.2 Å². The predicted molar refractivity (Wildman–Crippen MR) is 86.4 cm³/mol. The van der Waals surface area contributed by atoms with Gasteiger partial charge in [0.15, 0.2) is 0 Å². The Kier molecular flexibility index (Phi) is 4.09. The van der Waals surface area contributed by atoms with Crippen molar-refractivity contribution in [3.63, 3.8) is 0 Å². The van der Waals surface area contributed by atoms with Gasteiger partial charge in [-0.1, -0.05) is 11.3 Å². The summed E-state index contributed by atoms with van der Waals surface area (Å²) >= 11 is 1.69. The lowest BCUT2D eigenvalue weighted by atomic mass is 9.73. The summed E-state index contributed by atoms with van der Waals surface area (Å²) in [5.41, 5.74) is 0.144. The maximum absolute atomic E-state index is 6.11. The number of piperidine rings is 1. The van der Waals surface area contributed by atoms with Crippen LogP contribution in [0.15, 0.2) is 0 Å². The summed E-state index contributed by atoms with van der Waals surface area (Å²) in [7, 11) is 0. The number of aryl methyl sites for hydroxylation is 1. The fourth-order valence-electron chi connectivity index (χ4n) is 3.79. The number of rotatable bonds is 5. The van der Waals surface area contributed by atoms with Crippen molar-refractivity contribution >= 4 is 16.5 Å². The van der Waals surface area contributed by atoms with E-state index in [-0.39, 0.29) is 5.41 Å². The van der Waals surface area contributed by atoms with Gasteiger partial charge in [-0.2, -0.15) is 0 Å². The van der Waals surface area contributed by atoms with Crippen LogP contribution < -0.4 is 4.90 Å². The lowest BCUT2D eigenvalue weighted by Crippen LogP contribution is -2.57. The van der Waals surface area contributed by atoms with Crippen molar-refractivity contribution in [3.8, 4) is 0 Å². The van der Waals surface area contributed by atoms with Gasteiger partial charge in [0.2, 0.25) is 5.13 Å². The normalized spacial score (nSPS) is 32.0.